The molecule has 0 radical (unpaired) electrons. The van der Waals surface area contributed by atoms with E-state index in [9.17, 15) is 5.11 Å². The first kappa shape index (κ1) is 12.9. The van der Waals surface area contributed by atoms with E-state index in [1.54, 1.807) is 7.11 Å². The molecule has 1 saturated carbocycles. The van der Waals surface area contributed by atoms with Crippen LogP contribution >= 0.6 is 15.9 Å². The Balaban J connectivity index is 1.88. The van der Waals surface area contributed by atoms with Gasteiger partial charge in [0, 0.05) is 25.8 Å². The van der Waals surface area contributed by atoms with Crippen LogP contribution in [-0.2, 0) is 11.3 Å². The molecule has 0 atom stereocenters. The third-order valence-corrected chi connectivity index (χ3v) is 4.17. The number of aromatic hydroxyl groups is 1. The predicted octanol–water partition coefficient (Wildman–Crippen LogP) is 2.81. The molecule has 0 aromatic heterocycles. The van der Waals surface area contributed by atoms with Crippen LogP contribution in [-0.4, -0.2) is 24.4 Å². The van der Waals surface area contributed by atoms with Crippen molar-refractivity contribution in [2.24, 2.45) is 0 Å². The average molecular weight is 300 g/mol. The van der Waals surface area contributed by atoms with E-state index < -0.39 is 0 Å². The number of benzene rings is 1. The van der Waals surface area contributed by atoms with Crippen molar-refractivity contribution in [2.45, 2.75) is 31.4 Å². The van der Waals surface area contributed by atoms with Gasteiger partial charge in [0.25, 0.3) is 0 Å². The maximum Gasteiger partial charge on any atom is 0.134 e. The van der Waals surface area contributed by atoms with Gasteiger partial charge >= 0.3 is 0 Å². The Morgan fingerprint density at radius 3 is 2.82 bits per heavy atom. The van der Waals surface area contributed by atoms with Crippen LogP contribution in [0.4, 0.5) is 0 Å². The number of rotatable bonds is 5. The lowest BCUT2D eigenvalue weighted by molar-refractivity contribution is -0.0695. The first-order valence-corrected chi connectivity index (χ1v) is 6.68. The number of para-hydroxylation sites is 1. The van der Waals surface area contributed by atoms with E-state index in [2.05, 4.69) is 21.2 Å². The smallest absolute Gasteiger partial charge is 0.134 e. The van der Waals surface area contributed by atoms with E-state index >= 15 is 0 Å². The summed E-state index contributed by atoms with van der Waals surface area (Å²) in [5.74, 6) is 0.320. The molecule has 0 bridgehead atoms. The van der Waals surface area contributed by atoms with Crippen LogP contribution in [0.5, 0.6) is 5.75 Å². The van der Waals surface area contributed by atoms with Crippen molar-refractivity contribution in [2.75, 3.05) is 13.7 Å². The molecular weight excluding hydrogens is 282 g/mol. The maximum absolute atomic E-state index is 9.84. The first-order chi connectivity index (χ1) is 8.17. The first-order valence-electron chi connectivity index (χ1n) is 5.89. The van der Waals surface area contributed by atoms with Gasteiger partial charge in [0.1, 0.15) is 5.75 Å². The fourth-order valence-corrected chi connectivity index (χ4v) is 2.56. The zero-order valence-electron chi connectivity index (χ0n) is 10.0. The van der Waals surface area contributed by atoms with E-state index in [4.69, 9.17) is 4.74 Å². The summed E-state index contributed by atoms with van der Waals surface area (Å²) in [4.78, 5) is 0. The quantitative estimate of drug-likeness (QED) is 0.878. The number of methoxy groups -OCH3 is 1. The van der Waals surface area contributed by atoms with Gasteiger partial charge in [-0.3, -0.25) is 0 Å². The number of nitrogens with one attached hydrogen (secondary N) is 1. The average Bonchev–Trinajstić information content (AvgIpc) is 2.28. The van der Waals surface area contributed by atoms with E-state index in [0.29, 0.717) is 12.3 Å². The maximum atomic E-state index is 9.84. The van der Waals surface area contributed by atoms with Crippen LogP contribution in [0, 0.1) is 0 Å². The minimum absolute atomic E-state index is 0.0294. The summed E-state index contributed by atoms with van der Waals surface area (Å²) < 4.78 is 6.27. The third kappa shape index (κ3) is 2.81. The Hall–Kier alpha value is -0.580. The van der Waals surface area contributed by atoms with Crippen molar-refractivity contribution in [1.29, 1.82) is 0 Å². The second-order valence-electron chi connectivity index (χ2n) is 4.59. The van der Waals surface area contributed by atoms with E-state index in [1.165, 1.54) is 6.42 Å². The highest BCUT2D eigenvalue weighted by atomic mass is 79.9. The minimum atomic E-state index is 0.0294. The summed E-state index contributed by atoms with van der Waals surface area (Å²) in [6.45, 7) is 1.51. The molecule has 0 amide bonds. The molecule has 17 heavy (non-hydrogen) atoms. The molecule has 3 nitrogen and oxygen atoms in total. The SMILES string of the molecule is COC1(CNCc2cccc(Br)c2O)CCC1. The molecule has 1 fully saturated rings. The number of phenols is 1. The van der Waals surface area contributed by atoms with Crippen molar-refractivity contribution >= 4 is 15.9 Å². The summed E-state index contributed by atoms with van der Waals surface area (Å²) in [5, 5.41) is 13.2. The number of phenolic OH excluding ortho intramolecular Hbond substituents is 1. The zero-order valence-corrected chi connectivity index (χ0v) is 11.6. The molecule has 0 heterocycles. The van der Waals surface area contributed by atoms with Crippen LogP contribution < -0.4 is 5.32 Å². The highest BCUT2D eigenvalue weighted by Crippen LogP contribution is 2.34. The highest BCUT2D eigenvalue weighted by molar-refractivity contribution is 9.10. The van der Waals surface area contributed by atoms with Gasteiger partial charge in [0.15, 0.2) is 0 Å². The number of hydrogen-bond acceptors (Lipinski definition) is 3. The van der Waals surface area contributed by atoms with Crippen LogP contribution in [0.1, 0.15) is 24.8 Å². The standard InChI is InChI=1S/C13H18BrNO2/c1-17-13(6-3-7-13)9-15-8-10-4-2-5-11(14)12(10)16/h2,4-5,15-16H,3,6-9H2,1H3. The predicted molar refractivity (Wildman–Crippen MR) is 71.1 cm³/mol. The largest absolute Gasteiger partial charge is 0.506 e. The van der Waals surface area contributed by atoms with Crippen molar-refractivity contribution in [3.63, 3.8) is 0 Å². The second kappa shape index (κ2) is 5.38. The molecule has 0 unspecified atom stereocenters. The lowest BCUT2D eigenvalue weighted by Crippen LogP contribution is -2.47. The van der Waals surface area contributed by atoms with E-state index in [-0.39, 0.29) is 5.60 Å². The summed E-state index contributed by atoms with van der Waals surface area (Å²) in [6.07, 6.45) is 3.50. The van der Waals surface area contributed by atoms with Gasteiger partial charge in [0.05, 0.1) is 10.1 Å². The van der Waals surface area contributed by atoms with Crippen LogP contribution in [0.2, 0.25) is 0 Å². The van der Waals surface area contributed by atoms with Gasteiger partial charge in [-0.25, -0.2) is 0 Å². The molecule has 2 N–H and O–H groups in total. The fraction of sp³-hybridized carbons (Fsp3) is 0.538. The lowest BCUT2D eigenvalue weighted by Gasteiger charge is -2.40. The molecule has 1 aromatic rings. The molecule has 1 aliphatic carbocycles. The fourth-order valence-electron chi connectivity index (χ4n) is 2.15. The summed E-state index contributed by atoms with van der Waals surface area (Å²) >= 11 is 3.31. The Labute approximate surface area is 110 Å². The Kier molecular flexibility index (Phi) is 4.07. The number of ether oxygens (including phenoxy) is 1. The molecular formula is C13H18BrNO2. The molecule has 1 aliphatic rings. The molecule has 0 aliphatic heterocycles. The van der Waals surface area contributed by atoms with E-state index in [1.807, 2.05) is 18.2 Å². The molecule has 0 saturated heterocycles. The second-order valence-corrected chi connectivity index (χ2v) is 5.45. The number of halogens is 1. The summed E-state index contributed by atoms with van der Waals surface area (Å²) in [5.41, 5.74) is 0.937. The van der Waals surface area contributed by atoms with Crippen LogP contribution in [0.25, 0.3) is 0 Å². The van der Waals surface area contributed by atoms with Gasteiger partial charge in [0.2, 0.25) is 0 Å². The third-order valence-electron chi connectivity index (χ3n) is 3.53. The molecule has 2 rings (SSSR count). The Morgan fingerprint density at radius 1 is 1.47 bits per heavy atom. The Morgan fingerprint density at radius 2 is 2.24 bits per heavy atom. The van der Waals surface area contributed by atoms with Crippen LogP contribution in [0.3, 0.4) is 0 Å². The van der Waals surface area contributed by atoms with Crippen molar-refractivity contribution < 1.29 is 9.84 Å². The van der Waals surface area contributed by atoms with Crippen molar-refractivity contribution in [1.82, 2.24) is 5.32 Å². The molecule has 1 aromatic carbocycles. The van der Waals surface area contributed by atoms with Crippen molar-refractivity contribution in [3.8, 4) is 5.75 Å². The van der Waals surface area contributed by atoms with Crippen molar-refractivity contribution in [3.05, 3.63) is 28.2 Å². The van der Waals surface area contributed by atoms with Gasteiger partial charge in [-0.2, -0.15) is 0 Å². The molecule has 94 valence electrons. The van der Waals surface area contributed by atoms with Gasteiger partial charge in [-0.15, -0.1) is 0 Å². The highest BCUT2D eigenvalue weighted by Gasteiger charge is 2.36. The lowest BCUT2D eigenvalue weighted by atomic mass is 9.80. The van der Waals surface area contributed by atoms with Gasteiger partial charge in [-0.05, 0) is 41.3 Å². The summed E-state index contributed by atoms with van der Waals surface area (Å²) in [6, 6.07) is 5.69. The minimum Gasteiger partial charge on any atom is -0.506 e. The normalized spacial score (nSPS) is 17.8. The molecule has 0 spiro atoms. The Bertz CT molecular complexity index is 385. The van der Waals surface area contributed by atoms with Crippen LogP contribution in [0.15, 0.2) is 22.7 Å². The number of hydrogen-bond donors (Lipinski definition) is 2. The molecule has 4 heteroatoms. The zero-order chi connectivity index (χ0) is 12.3. The van der Waals surface area contributed by atoms with E-state index in [0.717, 1.165) is 29.4 Å². The summed E-state index contributed by atoms with van der Waals surface area (Å²) in [7, 11) is 1.78. The van der Waals surface area contributed by atoms with Gasteiger partial charge < -0.3 is 15.2 Å². The monoisotopic (exact) mass is 299 g/mol. The topological polar surface area (TPSA) is 41.5 Å². The van der Waals surface area contributed by atoms with Gasteiger partial charge in [-0.1, -0.05) is 12.1 Å².